The molecule has 2 N–H and O–H groups in total. The zero-order valence-electron chi connectivity index (χ0n) is 11.4. The molecular formula is C16H11N5O. The van der Waals surface area contributed by atoms with E-state index in [4.69, 9.17) is 10.5 Å². The first-order valence-electron chi connectivity index (χ1n) is 6.32. The minimum absolute atomic E-state index is 0.0390. The Hall–Kier alpha value is -3.64. The van der Waals surface area contributed by atoms with Gasteiger partial charge in [0, 0.05) is 23.8 Å². The molecule has 6 heteroatoms. The first-order valence-corrected chi connectivity index (χ1v) is 6.32. The highest BCUT2D eigenvalue weighted by molar-refractivity contribution is 6.03. The van der Waals surface area contributed by atoms with Crippen molar-refractivity contribution in [2.24, 2.45) is 0 Å². The van der Waals surface area contributed by atoms with E-state index in [2.05, 4.69) is 15.6 Å². The van der Waals surface area contributed by atoms with Crippen molar-refractivity contribution >= 4 is 17.3 Å². The largest absolute Gasteiger partial charge is 0.360 e. The predicted molar refractivity (Wildman–Crippen MR) is 81.6 cm³/mol. The first-order chi connectivity index (χ1) is 10.7. The van der Waals surface area contributed by atoms with Gasteiger partial charge in [0.25, 0.3) is 5.91 Å². The minimum Gasteiger partial charge on any atom is -0.360 e. The van der Waals surface area contributed by atoms with E-state index in [-0.39, 0.29) is 11.5 Å². The van der Waals surface area contributed by atoms with Crippen LogP contribution in [0.25, 0.3) is 0 Å². The normalized spacial score (nSPS) is 9.00. The number of nitriles is 2. The molecule has 0 aliphatic carbocycles. The Morgan fingerprint density at radius 3 is 2.55 bits per heavy atom. The van der Waals surface area contributed by atoms with Gasteiger partial charge in [-0.15, -0.1) is 0 Å². The van der Waals surface area contributed by atoms with Crippen molar-refractivity contribution in [3.05, 3.63) is 66.1 Å². The van der Waals surface area contributed by atoms with Crippen LogP contribution in [0.5, 0.6) is 0 Å². The maximum absolute atomic E-state index is 12.0. The second-order valence-corrected chi connectivity index (χ2v) is 4.18. The Balaban J connectivity index is 2.10. The summed E-state index contributed by atoms with van der Waals surface area (Å²) in [5.41, 5.74) is 1.49. The summed E-state index contributed by atoms with van der Waals surface area (Å²) < 4.78 is 0. The van der Waals surface area contributed by atoms with Crippen LogP contribution in [0.3, 0.4) is 0 Å². The van der Waals surface area contributed by atoms with Crippen LogP contribution in [0.15, 0.2) is 60.4 Å². The maximum atomic E-state index is 12.0. The van der Waals surface area contributed by atoms with Crippen molar-refractivity contribution in [2.45, 2.75) is 0 Å². The average molecular weight is 289 g/mol. The molecule has 0 radical (unpaired) electrons. The van der Waals surface area contributed by atoms with Crippen molar-refractivity contribution in [3.63, 3.8) is 0 Å². The summed E-state index contributed by atoms with van der Waals surface area (Å²) in [6.07, 6.45) is 2.85. The molecule has 0 aliphatic heterocycles. The lowest BCUT2D eigenvalue weighted by atomic mass is 10.2. The van der Waals surface area contributed by atoms with Gasteiger partial charge in [-0.3, -0.25) is 9.78 Å². The highest BCUT2D eigenvalue weighted by Crippen LogP contribution is 2.16. The highest BCUT2D eigenvalue weighted by atomic mass is 16.1. The number of anilines is 2. The molecule has 0 fully saturated rings. The molecule has 0 bridgehead atoms. The molecule has 2 rings (SSSR count). The predicted octanol–water partition coefficient (Wildman–Crippen LogP) is 2.68. The second kappa shape index (κ2) is 7.22. The van der Waals surface area contributed by atoms with Gasteiger partial charge in [-0.2, -0.15) is 10.5 Å². The van der Waals surface area contributed by atoms with E-state index in [0.29, 0.717) is 17.1 Å². The molecular weight excluding hydrogens is 278 g/mol. The lowest BCUT2D eigenvalue weighted by molar-refractivity contribution is 0.102. The molecule has 0 saturated carbocycles. The number of hydrogen-bond donors (Lipinski definition) is 2. The number of amides is 1. The fraction of sp³-hybridized carbons (Fsp3) is 0. The monoisotopic (exact) mass is 289 g/mol. The maximum Gasteiger partial charge on any atom is 0.274 e. The summed E-state index contributed by atoms with van der Waals surface area (Å²) in [5, 5.41) is 22.9. The lowest BCUT2D eigenvalue weighted by Crippen LogP contribution is -2.13. The van der Waals surface area contributed by atoms with Crippen LogP contribution < -0.4 is 10.6 Å². The Kier molecular flexibility index (Phi) is 4.85. The Bertz CT molecular complexity index is 768. The standard InChI is InChI=1S/C16H11N5O/c17-9-12(10-18)11-20-13-4-3-5-14(8-13)21-16(22)15-6-1-2-7-19-15/h1-8,11,20H,(H,21,22). The molecule has 22 heavy (non-hydrogen) atoms. The number of aromatic nitrogens is 1. The number of carbonyl (C=O) groups is 1. The number of allylic oxidation sites excluding steroid dienone is 1. The minimum atomic E-state index is -0.317. The van der Waals surface area contributed by atoms with Gasteiger partial charge in [0.05, 0.1) is 0 Å². The van der Waals surface area contributed by atoms with Crippen molar-refractivity contribution in [1.82, 2.24) is 4.98 Å². The number of carbonyl (C=O) groups excluding carboxylic acids is 1. The van der Waals surface area contributed by atoms with E-state index >= 15 is 0 Å². The zero-order valence-corrected chi connectivity index (χ0v) is 11.4. The van der Waals surface area contributed by atoms with Crippen LogP contribution in [0, 0.1) is 22.7 Å². The van der Waals surface area contributed by atoms with E-state index in [0.717, 1.165) is 0 Å². The van der Waals surface area contributed by atoms with Gasteiger partial charge in [-0.05, 0) is 30.3 Å². The summed E-state index contributed by atoms with van der Waals surface area (Å²) in [7, 11) is 0. The van der Waals surface area contributed by atoms with Gasteiger partial charge in [0.15, 0.2) is 0 Å². The topological polar surface area (TPSA) is 102 Å². The molecule has 0 spiro atoms. The van der Waals surface area contributed by atoms with Gasteiger partial charge >= 0.3 is 0 Å². The molecule has 1 heterocycles. The first kappa shape index (κ1) is 14.8. The Morgan fingerprint density at radius 2 is 1.86 bits per heavy atom. The molecule has 2 aromatic rings. The molecule has 0 aliphatic rings. The zero-order chi connectivity index (χ0) is 15.8. The van der Waals surface area contributed by atoms with E-state index in [9.17, 15) is 4.79 Å². The van der Waals surface area contributed by atoms with Gasteiger partial charge in [-0.1, -0.05) is 12.1 Å². The molecule has 6 nitrogen and oxygen atoms in total. The number of nitrogens with one attached hydrogen (secondary N) is 2. The summed E-state index contributed by atoms with van der Waals surface area (Å²) in [6.45, 7) is 0. The average Bonchev–Trinajstić information content (AvgIpc) is 2.57. The summed E-state index contributed by atoms with van der Waals surface area (Å²) in [5.74, 6) is -0.317. The molecule has 106 valence electrons. The third kappa shape index (κ3) is 3.92. The number of rotatable bonds is 4. The smallest absolute Gasteiger partial charge is 0.274 e. The fourth-order valence-electron chi connectivity index (χ4n) is 1.62. The second-order valence-electron chi connectivity index (χ2n) is 4.18. The summed E-state index contributed by atoms with van der Waals surface area (Å²) >= 11 is 0. The number of benzene rings is 1. The van der Waals surface area contributed by atoms with Crippen LogP contribution in [0.2, 0.25) is 0 Å². The van der Waals surface area contributed by atoms with E-state index in [1.165, 1.54) is 6.20 Å². The van der Waals surface area contributed by atoms with Crippen molar-refractivity contribution < 1.29 is 4.79 Å². The molecule has 0 unspecified atom stereocenters. The van der Waals surface area contributed by atoms with Crippen LogP contribution in [0.4, 0.5) is 11.4 Å². The van der Waals surface area contributed by atoms with Gasteiger partial charge in [0.1, 0.15) is 23.4 Å². The number of nitrogens with zero attached hydrogens (tertiary/aromatic N) is 3. The molecule has 1 amide bonds. The quantitative estimate of drug-likeness (QED) is 0.842. The fourth-order valence-corrected chi connectivity index (χ4v) is 1.62. The van der Waals surface area contributed by atoms with Crippen molar-refractivity contribution in [3.8, 4) is 12.1 Å². The Labute approximate surface area is 127 Å². The third-order valence-electron chi connectivity index (χ3n) is 2.64. The van der Waals surface area contributed by atoms with Crippen molar-refractivity contribution in [2.75, 3.05) is 10.6 Å². The highest BCUT2D eigenvalue weighted by Gasteiger charge is 2.06. The number of hydrogen-bond acceptors (Lipinski definition) is 5. The summed E-state index contributed by atoms with van der Waals surface area (Å²) in [6, 6.07) is 15.5. The van der Waals surface area contributed by atoms with Crippen LogP contribution in [0.1, 0.15) is 10.5 Å². The van der Waals surface area contributed by atoms with E-state index < -0.39 is 0 Å². The summed E-state index contributed by atoms with van der Waals surface area (Å²) in [4.78, 5) is 16.0. The molecule has 1 aromatic carbocycles. The molecule has 0 atom stereocenters. The van der Waals surface area contributed by atoms with E-state index in [1.807, 2.05) is 0 Å². The third-order valence-corrected chi connectivity index (χ3v) is 2.64. The van der Waals surface area contributed by atoms with Gasteiger partial charge < -0.3 is 10.6 Å². The van der Waals surface area contributed by atoms with Gasteiger partial charge in [0.2, 0.25) is 0 Å². The molecule has 0 saturated heterocycles. The molecule has 1 aromatic heterocycles. The van der Waals surface area contributed by atoms with Crippen LogP contribution in [-0.2, 0) is 0 Å². The Morgan fingerprint density at radius 1 is 1.09 bits per heavy atom. The lowest BCUT2D eigenvalue weighted by Gasteiger charge is -2.07. The van der Waals surface area contributed by atoms with Crippen LogP contribution >= 0.6 is 0 Å². The van der Waals surface area contributed by atoms with E-state index in [1.54, 1.807) is 60.8 Å². The SMILES string of the molecule is N#CC(C#N)=CNc1cccc(NC(=O)c2ccccn2)c1. The number of pyridine rings is 1. The van der Waals surface area contributed by atoms with Crippen LogP contribution in [-0.4, -0.2) is 10.9 Å². The van der Waals surface area contributed by atoms with Crippen molar-refractivity contribution in [1.29, 1.82) is 10.5 Å². The van der Waals surface area contributed by atoms with Gasteiger partial charge in [-0.25, -0.2) is 0 Å².